The van der Waals surface area contributed by atoms with Gasteiger partial charge in [0.1, 0.15) is 12.6 Å². The second-order valence-electron chi connectivity index (χ2n) is 5.05. The lowest BCUT2D eigenvalue weighted by Crippen LogP contribution is -2.41. The first-order valence-corrected chi connectivity index (χ1v) is 6.62. The van der Waals surface area contributed by atoms with Crippen LogP contribution >= 0.6 is 0 Å². The largest absolute Gasteiger partial charge is 0.341 e. The Morgan fingerprint density at radius 3 is 2.68 bits per heavy atom. The number of carbonyl (C=O) groups is 2. The van der Waals surface area contributed by atoms with Crippen molar-refractivity contribution in [2.24, 2.45) is 5.73 Å². The summed E-state index contributed by atoms with van der Waals surface area (Å²) in [6, 6.07) is 6.77. The number of amides is 2. The summed E-state index contributed by atoms with van der Waals surface area (Å²) in [6.07, 6.45) is 2.10. The third-order valence-electron chi connectivity index (χ3n) is 3.85. The fourth-order valence-electron chi connectivity index (χ4n) is 2.78. The quantitative estimate of drug-likeness (QED) is 0.848. The lowest BCUT2D eigenvalue weighted by atomic mass is 10.1. The molecule has 2 amide bonds. The van der Waals surface area contributed by atoms with Crippen LogP contribution in [0.25, 0.3) is 0 Å². The van der Waals surface area contributed by atoms with Crippen molar-refractivity contribution in [3.63, 3.8) is 0 Å². The molecule has 100 valence electrons. The number of fused-ring (bicyclic) bond motifs is 1. The minimum Gasteiger partial charge on any atom is -0.341 e. The Morgan fingerprint density at radius 2 is 1.95 bits per heavy atom. The summed E-state index contributed by atoms with van der Waals surface area (Å²) in [5, 5.41) is 0. The Labute approximate surface area is 112 Å². The van der Waals surface area contributed by atoms with Gasteiger partial charge in [-0.2, -0.15) is 0 Å². The second kappa shape index (κ2) is 4.66. The number of hydrogen-bond acceptors (Lipinski definition) is 3. The van der Waals surface area contributed by atoms with Crippen LogP contribution in [0.1, 0.15) is 24.4 Å². The van der Waals surface area contributed by atoms with Gasteiger partial charge in [0.2, 0.25) is 11.8 Å². The minimum atomic E-state index is -0.637. The molecule has 2 aliphatic heterocycles. The first-order valence-electron chi connectivity index (χ1n) is 6.62. The van der Waals surface area contributed by atoms with Crippen molar-refractivity contribution >= 4 is 17.5 Å². The van der Waals surface area contributed by atoms with Crippen LogP contribution in [0.3, 0.4) is 0 Å². The molecular formula is C14H17N3O2. The lowest BCUT2D eigenvalue weighted by molar-refractivity contribution is -0.130. The smallest absolute Gasteiger partial charge is 0.249 e. The van der Waals surface area contributed by atoms with Gasteiger partial charge in [0, 0.05) is 24.3 Å². The number of hydrogen-bond donors (Lipinski definition) is 1. The summed E-state index contributed by atoms with van der Waals surface area (Å²) in [5.74, 6) is -0.177. The summed E-state index contributed by atoms with van der Waals surface area (Å²) in [5.41, 5.74) is 7.47. The maximum absolute atomic E-state index is 12.2. The molecule has 0 bridgehead atoms. The van der Waals surface area contributed by atoms with Crippen molar-refractivity contribution in [2.45, 2.75) is 18.9 Å². The highest BCUT2D eigenvalue weighted by molar-refractivity contribution is 6.07. The summed E-state index contributed by atoms with van der Waals surface area (Å²) >= 11 is 0. The van der Waals surface area contributed by atoms with Gasteiger partial charge in [0.05, 0.1) is 0 Å². The number of carbonyl (C=O) groups excluding carboxylic acids is 2. The molecule has 1 atom stereocenters. The van der Waals surface area contributed by atoms with Crippen LogP contribution in [0.5, 0.6) is 0 Å². The Kier molecular flexibility index (Phi) is 2.98. The van der Waals surface area contributed by atoms with E-state index in [1.54, 1.807) is 0 Å². The zero-order chi connectivity index (χ0) is 13.4. The number of likely N-dealkylation sites (tertiary alicyclic amines) is 1. The van der Waals surface area contributed by atoms with E-state index in [0.717, 1.165) is 37.2 Å². The normalized spacial score (nSPS) is 21.9. The van der Waals surface area contributed by atoms with Gasteiger partial charge in [-0.05, 0) is 18.9 Å². The Bertz CT molecular complexity index is 523. The maximum Gasteiger partial charge on any atom is 0.249 e. The summed E-state index contributed by atoms with van der Waals surface area (Å²) in [7, 11) is 0. The first kappa shape index (κ1) is 12.2. The van der Waals surface area contributed by atoms with Crippen LogP contribution in [0, 0.1) is 0 Å². The minimum absolute atomic E-state index is 0.00903. The molecule has 1 aromatic rings. The summed E-state index contributed by atoms with van der Waals surface area (Å²) < 4.78 is 0. The average Bonchev–Trinajstić information content (AvgIpc) is 3.03. The molecule has 0 radical (unpaired) electrons. The van der Waals surface area contributed by atoms with Gasteiger partial charge in [-0.15, -0.1) is 0 Å². The van der Waals surface area contributed by atoms with Crippen molar-refractivity contribution in [2.75, 3.05) is 24.5 Å². The van der Waals surface area contributed by atoms with E-state index in [9.17, 15) is 9.59 Å². The predicted octanol–water partition coefficient (Wildman–Crippen LogP) is 0.655. The molecule has 2 heterocycles. The van der Waals surface area contributed by atoms with Crippen molar-refractivity contribution in [3.8, 4) is 0 Å². The highest BCUT2D eigenvalue weighted by Gasteiger charge is 2.36. The van der Waals surface area contributed by atoms with Gasteiger partial charge in [-0.1, -0.05) is 18.2 Å². The molecule has 5 nitrogen and oxygen atoms in total. The number of anilines is 1. The molecule has 0 aromatic heterocycles. The van der Waals surface area contributed by atoms with Crippen LogP contribution in [-0.4, -0.2) is 36.3 Å². The number of para-hydroxylation sites is 1. The lowest BCUT2D eigenvalue weighted by Gasteiger charge is -2.21. The number of nitrogens with two attached hydrogens (primary N) is 1. The van der Waals surface area contributed by atoms with Crippen molar-refractivity contribution in [1.29, 1.82) is 0 Å². The number of nitrogens with zero attached hydrogens (tertiary/aromatic N) is 2. The molecule has 0 aliphatic carbocycles. The third kappa shape index (κ3) is 2.00. The zero-order valence-corrected chi connectivity index (χ0v) is 10.7. The topological polar surface area (TPSA) is 66.6 Å². The third-order valence-corrected chi connectivity index (χ3v) is 3.85. The highest BCUT2D eigenvalue weighted by Crippen LogP contribution is 2.33. The van der Waals surface area contributed by atoms with E-state index in [1.165, 1.54) is 4.90 Å². The zero-order valence-electron chi connectivity index (χ0n) is 10.7. The maximum atomic E-state index is 12.2. The van der Waals surface area contributed by atoms with Crippen LogP contribution in [0.15, 0.2) is 24.3 Å². The number of rotatable bonds is 2. The molecule has 3 rings (SSSR count). The Hall–Kier alpha value is -1.88. The van der Waals surface area contributed by atoms with E-state index in [2.05, 4.69) is 0 Å². The fraction of sp³-hybridized carbons (Fsp3) is 0.429. The first-order chi connectivity index (χ1) is 9.18. The molecule has 1 aromatic carbocycles. The molecule has 1 fully saturated rings. The number of benzene rings is 1. The van der Waals surface area contributed by atoms with E-state index >= 15 is 0 Å². The molecular weight excluding hydrogens is 242 g/mol. The van der Waals surface area contributed by atoms with Gasteiger partial charge < -0.3 is 15.5 Å². The predicted molar refractivity (Wildman–Crippen MR) is 71.5 cm³/mol. The van der Waals surface area contributed by atoms with Crippen molar-refractivity contribution in [3.05, 3.63) is 29.8 Å². The van der Waals surface area contributed by atoms with Gasteiger partial charge in [-0.25, -0.2) is 0 Å². The highest BCUT2D eigenvalue weighted by atomic mass is 16.2. The van der Waals surface area contributed by atoms with E-state index < -0.39 is 6.04 Å². The molecule has 19 heavy (non-hydrogen) atoms. The van der Waals surface area contributed by atoms with Gasteiger partial charge in [0.15, 0.2) is 0 Å². The average molecular weight is 259 g/mol. The van der Waals surface area contributed by atoms with E-state index in [4.69, 9.17) is 5.73 Å². The van der Waals surface area contributed by atoms with Gasteiger partial charge in [-0.3, -0.25) is 9.59 Å². The standard InChI is InChI=1S/C14H17N3O2/c15-13-10-5-1-2-6-11(10)17(14(13)19)9-12(18)16-7-3-4-8-16/h1-2,5-6,13H,3-4,7-9,15H2. The van der Waals surface area contributed by atoms with Crippen LogP contribution in [-0.2, 0) is 9.59 Å². The van der Waals surface area contributed by atoms with Crippen LogP contribution in [0.4, 0.5) is 5.69 Å². The molecule has 0 spiro atoms. The van der Waals surface area contributed by atoms with E-state index in [1.807, 2.05) is 29.2 Å². The molecule has 1 unspecified atom stereocenters. The molecule has 5 heteroatoms. The monoisotopic (exact) mass is 259 g/mol. The van der Waals surface area contributed by atoms with Crippen molar-refractivity contribution < 1.29 is 9.59 Å². The van der Waals surface area contributed by atoms with E-state index in [-0.39, 0.29) is 18.4 Å². The Morgan fingerprint density at radius 1 is 1.26 bits per heavy atom. The molecule has 0 saturated carbocycles. The second-order valence-corrected chi connectivity index (χ2v) is 5.05. The SMILES string of the molecule is NC1C(=O)N(CC(=O)N2CCCC2)c2ccccc21. The Balaban J connectivity index is 1.81. The van der Waals surface area contributed by atoms with Gasteiger partial charge in [0.25, 0.3) is 0 Å². The fourth-order valence-corrected chi connectivity index (χ4v) is 2.78. The summed E-state index contributed by atoms with van der Waals surface area (Å²) in [4.78, 5) is 27.6. The van der Waals surface area contributed by atoms with Crippen LogP contribution in [0.2, 0.25) is 0 Å². The van der Waals surface area contributed by atoms with Crippen LogP contribution < -0.4 is 10.6 Å². The molecule has 2 N–H and O–H groups in total. The van der Waals surface area contributed by atoms with E-state index in [0.29, 0.717) is 0 Å². The van der Waals surface area contributed by atoms with Gasteiger partial charge >= 0.3 is 0 Å². The summed E-state index contributed by atoms with van der Waals surface area (Å²) in [6.45, 7) is 1.70. The van der Waals surface area contributed by atoms with Crippen molar-refractivity contribution in [1.82, 2.24) is 4.90 Å². The molecule has 2 aliphatic rings. The molecule has 1 saturated heterocycles.